The highest BCUT2D eigenvalue weighted by atomic mass is 35.5. The second-order valence-corrected chi connectivity index (χ2v) is 3.37. The largest absolute Gasteiger partial charge is 0.459 e. The third kappa shape index (κ3) is 2.97. The number of rotatable bonds is 1. The minimum absolute atomic E-state index is 0. The lowest BCUT2D eigenvalue weighted by Gasteiger charge is -2.18. The molecule has 4 nitrogen and oxygen atoms in total. The van der Waals surface area contributed by atoms with Gasteiger partial charge < -0.3 is 14.6 Å². The molecule has 0 bridgehead atoms. The van der Waals surface area contributed by atoms with Crippen molar-refractivity contribution in [1.82, 2.24) is 10.2 Å². The topological polar surface area (TPSA) is 45.5 Å². The summed E-state index contributed by atoms with van der Waals surface area (Å²) in [6, 6.07) is 3.45. The summed E-state index contributed by atoms with van der Waals surface area (Å²) in [4.78, 5) is 13.7. The fraction of sp³-hybridized carbons (Fsp3) is 0.500. The quantitative estimate of drug-likeness (QED) is 0.787. The van der Waals surface area contributed by atoms with Crippen LogP contribution in [0, 0.1) is 0 Å². The Labute approximate surface area is 95.0 Å². The van der Waals surface area contributed by atoms with Crippen molar-refractivity contribution in [3.63, 3.8) is 0 Å². The molecule has 0 aliphatic carbocycles. The lowest BCUT2D eigenvalue weighted by molar-refractivity contribution is 0.0734. The van der Waals surface area contributed by atoms with Gasteiger partial charge in [-0.05, 0) is 25.1 Å². The maximum atomic E-state index is 11.8. The van der Waals surface area contributed by atoms with E-state index in [1.54, 1.807) is 12.1 Å². The summed E-state index contributed by atoms with van der Waals surface area (Å²) in [5, 5.41) is 3.25. The number of amides is 1. The highest BCUT2D eigenvalue weighted by Gasteiger charge is 2.18. The maximum absolute atomic E-state index is 11.8. The van der Waals surface area contributed by atoms with Crippen molar-refractivity contribution in [3.05, 3.63) is 24.2 Å². The monoisotopic (exact) mass is 230 g/mol. The van der Waals surface area contributed by atoms with Crippen molar-refractivity contribution in [1.29, 1.82) is 0 Å². The standard InChI is InChI=1S/C10H14N2O2.ClH/c13-10(9-3-1-8-14-9)12-6-2-4-11-5-7-12;/h1,3,8,11H,2,4-7H2;1H. The van der Waals surface area contributed by atoms with Crippen LogP contribution in [0.5, 0.6) is 0 Å². The first-order valence-electron chi connectivity index (χ1n) is 4.91. The van der Waals surface area contributed by atoms with E-state index in [0.717, 1.165) is 32.6 Å². The van der Waals surface area contributed by atoms with Gasteiger partial charge in [-0.3, -0.25) is 4.79 Å². The molecule has 0 spiro atoms. The normalized spacial score (nSPS) is 16.7. The number of furan rings is 1. The van der Waals surface area contributed by atoms with E-state index >= 15 is 0 Å². The Balaban J connectivity index is 0.00000112. The van der Waals surface area contributed by atoms with Gasteiger partial charge in [-0.15, -0.1) is 12.4 Å². The fourth-order valence-corrected chi connectivity index (χ4v) is 1.60. The van der Waals surface area contributed by atoms with E-state index < -0.39 is 0 Å². The summed E-state index contributed by atoms with van der Waals surface area (Å²) in [5.41, 5.74) is 0. The smallest absolute Gasteiger partial charge is 0.289 e. The summed E-state index contributed by atoms with van der Waals surface area (Å²) < 4.78 is 5.08. The van der Waals surface area contributed by atoms with Gasteiger partial charge in [-0.1, -0.05) is 0 Å². The first-order chi connectivity index (χ1) is 6.88. The number of carbonyl (C=O) groups is 1. The molecule has 1 amide bonds. The Morgan fingerprint density at radius 3 is 3.00 bits per heavy atom. The van der Waals surface area contributed by atoms with Gasteiger partial charge in [-0.25, -0.2) is 0 Å². The minimum Gasteiger partial charge on any atom is -0.459 e. The molecule has 15 heavy (non-hydrogen) atoms. The zero-order valence-electron chi connectivity index (χ0n) is 8.44. The number of halogens is 1. The van der Waals surface area contributed by atoms with E-state index in [1.165, 1.54) is 6.26 Å². The van der Waals surface area contributed by atoms with Crippen molar-refractivity contribution in [2.24, 2.45) is 0 Å². The molecule has 5 heteroatoms. The van der Waals surface area contributed by atoms with Crippen LogP contribution in [0.15, 0.2) is 22.8 Å². The first-order valence-corrected chi connectivity index (χ1v) is 4.91. The number of hydrogen-bond acceptors (Lipinski definition) is 3. The molecule has 1 aromatic rings. The van der Waals surface area contributed by atoms with Crippen LogP contribution in [-0.4, -0.2) is 37.0 Å². The van der Waals surface area contributed by atoms with E-state index in [2.05, 4.69) is 5.32 Å². The first kappa shape index (κ1) is 12.1. The molecular formula is C10H15ClN2O2. The third-order valence-corrected chi connectivity index (χ3v) is 2.36. The average molecular weight is 231 g/mol. The Morgan fingerprint density at radius 2 is 2.27 bits per heavy atom. The minimum atomic E-state index is -0.00120. The van der Waals surface area contributed by atoms with E-state index in [0.29, 0.717) is 5.76 Å². The summed E-state index contributed by atoms with van der Waals surface area (Å²) >= 11 is 0. The van der Waals surface area contributed by atoms with Gasteiger partial charge in [-0.2, -0.15) is 0 Å². The molecular weight excluding hydrogens is 216 g/mol. The molecule has 2 rings (SSSR count). The molecule has 1 fully saturated rings. The van der Waals surface area contributed by atoms with Gasteiger partial charge in [0.25, 0.3) is 5.91 Å². The van der Waals surface area contributed by atoms with E-state index in [9.17, 15) is 4.79 Å². The molecule has 0 aromatic carbocycles. The van der Waals surface area contributed by atoms with Crippen LogP contribution < -0.4 is 5.32 Å². The highest BCUT2D eigenvalue weighted by molar-refractivity contribution is 5.91. The maximum Gasteiger partial charge on any atom is 0.289 e. The summed E-state index contributed by atoms with van der Waals surface area (Å²) in [7, 11) is 0. The molecule has 1 saturated heterocycles. The lowest BCUT2D eigenvalue weighted by atomic mass is 10.3. The van der Waals surface area contributed by atoms with Gasteiger partial charge in [0.1, 0.15) is 0 Å². The van der Waals surface area contributed by atoms with Gasteiger partial charge in [0.05, 0.1) is 6.26 Å². The Bertz CT molecular complexity index is 292. The lowest BCUT2D eigenvalue weighted by Crippen LogP contribution is -2.33. The van der Waals surface area contributed by atoms with Gasteiger partial charge in [0, 0.05) is 19.6 Å². The molecule has 2 heterocycles. The van der Waals surface area contributed by atoms with Crippen LogP contribution in [0.1, 0.15) is 17.0 Å². The second kappa shape index (κ2) is 5.78. The van der Waals surface area contributed by atoms with Crippen LogP contribution >= 0.6 is 12.4 Å². The number of hydrogen-bond donors (Lipinski definition) is 1. The summed E-state index contributed by atoms with van der Waals surface area (Å²) in [6.07, 6.45) is 2.54. The SMILES string of the molecule is Cl.O=C(c1ccco1)N1CCCNCC1. The van der Waals surface area contributed by atoms with Crippen molar-refractivity contribution < 1.29 is 9.21 Å². The van der Waals surface area contributed by atoms with Crippen molar-refractivity contribution in [3.8, 4) is 0 Å². The Morgan fingerprint density at radius 1 is 1.40 bits per heavy atom. The van der Waals surface area contributed by atoms with Gasteiger partial charge in [0.2, 0.25) is 0 Å². The van der Waals surface area contributed by atoms with Crippen molar-refractivity contribution >= 4 is 18.3 Å². The molecule has 0 saturated carbocycles. The summed E-state index contributed by atoms with van der Waals surface area (Å²) in [6.45, 7) is 3.43. The molecule has 0 radical (unpaired) electrons. The van der Waals surface area contributed by atoms with Crippen molar-refractivity contribution in [2.75, 3.05) is 26.2 Å². The molecule has 0 atom stereocenters. The van der Waals surface area contributed by atoms with Crippen LogP contribution in [0.4, 0.5) is 0 Å². The summed E-state index contributed by atoms with van der Waals surface area (Å²) in [5.74, 6) is 0.436. The van der Waals surface area contributed by atoms with E-state index in [4.69, 9.17) is 4.42 Å². The number of nitrogens with one attached hydrogen (secondary N) is 1. The van der Waals surface area contributed by atoms with Crippen LogP contribution in [-0.2, 0) is 0 Å². The molecule has 1 N–H and O–H groups in total. The predicted octanol–water partition coefficient (Wildman–Crippen LogP) is 1.14. The highest BCUT2D eigenvalue weighted by Crippen LogP contribution is 2.06. The number of nitrogens with zero attached hydrogens (tertiary/aromatic N) is 1. The number of carbonyl (C=O) groups excluding carboxylic acids is 1. The van der Waals surface area contributed by atoms with Gasteiger partial charge in [0.15, 0.2) is 5.76 Å². The third-order valence-electron chi connectivity index (χ3n) is 2.36. The Kier molecular flexibility index (Phi) is 4.65. The van der Waals surface area contributed by atoms with Crippen LogP contribution in [0.2, 0.25) is 0 Å². The zero-order valence-corrected chi connectivity index (χ0v) is 9.26. The van der Waals surface area contributed by atoms with Crippen LogP contribution in [0.25, 0.3) is 0 Å². The molecule has 1 aliphatic rings. The van der Waals surface area contributed by atoms with Crippen LogP contribution in [0.3, 0.4) is 0 Å². The van der Waals surface area contributed by atoms with E-state index in [1.807, 2.05) is 4.90 Å². The molecule has 0 unspecified atom stereocenters. The molecule has 84 valence electrons. The fourth-order valence-electron chi connectivity index (χ4n) is 1.60. The molecule has 1 aliphatic heterocycles. The zero-order chi connectivity index (χ0) is 9.80. The Hall–Kier alpha value is -1.00. The predicted molar refractivity (Wildman–Crippen MR) is 59.3 cm³/mol. The molecule has 1 aromatic heterocycles. The van der Waals surface area contributed by atoms with Gasteiger partial charge >= 0.3 is 0 Å². The average Bonchev–Trinajstić information content (AvgIpc) is 2.59. The van der Waals surface area contributed by atoms with Crippen molar-refractivity contribution in [2.45, 2.75) is 6.42 Å². The second-order valence-electron chi connectivity index (χ2n) is 3.37. The van der Waals surface area contributed by atoms with E-state index in [-0.39, 0.29) is 18.3 Å².